The second-order valence-electron chi connectivity index (χ2n) is 2.50. The first-order valence-corrected chi connectivity index (χ1v) is 5.34. The van der Waals surface area contributed by atoms with Gasteiger partial charge in [0, 0.05) is 13.7 Å². The summed E-state index contributed by atoms with van der Waals surface area (Å²) >= 11 is 1.50. The molecule has 80 valence electrons. The Bertz CT molecular complexity index is 254. The van der Waals surface area contributed by atoms with Crippen molar-refractivity contribution in [2.24, 2.45) is 0 Å². The van der Waals surface area contributed by atoms with E-state index in [1.807, 2.05) is 14.0 Å². The molecule has 0 saturated heterocycles. The molecule has 0 aromatic carbocycles. The van der Waals surface area contributed by atoms with Gasteiger partial charge in [0.25, 0.3) is 0 Å². The average molecular weight is 217 g/mol. The summed E-state index contributed by atoms with van der Waals surface area (Å²) in [4.78, 5) is 0. The predicted molar refractivity (Wildman–Crippen MR) is 55.6 cm³/mol. The number of rotatable bonds is 7. The van der Waals surface area contributed by atoms with Crippen molar-refractivity contribution in [3.63, 3.8) is 0 Å². The third-order valence-electron chi connectivity index (χ3n) is 1.48. The van der Waals surface area contributed by atoms with Crippen molar-refractivity contribution < 1.29 is 9.47 Å². The Morgan fingerprint density at radius 1 is 1.29 bits per heavy atom. The Kier molecular flexibility index (Phi) is 5.43. The molecule has 14 heavy (non-hydrogen) atoms. The van der Waals surface area contributed by atoms with E-state index in [4.69, 9.17) is 9.47 Å². The molecule has 0 atom stereocenters. The lowest BCUT2D eigenvalue weighted by Gasteiger charge is -2.00. The SMILES string of the molecule is CCOCCOCc1nnc(NC)s1. The zero-order chi connectivity index (χ0) is 10.2. The van der Waals surface area contributed by atoms with E-state index >= 15 is 0 Å². The molecule has 1 aromatic rings. The number of ether oxygens (including phenoxy) is 2. The van der Waals surface area contributed by atoms with Gasteiger partial charge in [0.15, 0.2) is 0 Å². The Hall–Kier alpha value is -0.720. The molecule has 1 aromatic heterocycles. The van der Waals surface area contributed by atoms with Gasteiger partial charge in [0.05, 0.1) is 13.2 Å². The molecule has 6 heteroatoms. The minimum Gasteiger partial charge on any atom is -0.379 e. The van der Waals surface area contributed by atoms with Crippen LogP contribution < -0.4 is 5.32 Å². The Morgan fingerprint density at radius 3 is 2.71 bits per heavy atom. The fraction of sp³-hybridized carbons (Fsp3) is 0.750. The molecule has 0 spiro atoms. The van der Waals surface area contributed by atoms with Gasteiger partial charge in [-0.3, -0.25) is 0 Å². The maximum atomic E-state index is 5.33. The topological polar surface area (TPSA) is 56.3 Å². The van der Waals surface area contributed by atoms with E-state index in [0.29, 0.717) is 19.8 Å². The Balaban J connectivity index is 2.12. The van der Waals surface area contributed by atoms with Gasteiger partial charge in [-0.05, 0) is 6.92 Å². The molecule has 1 N–H and O–H groups in total. The van der Waals surface area contributed by atoms with Gasteiger partial charge in [0.1, 0.15) is 11.6 Å². The number of nitrogens with one attached hydrogen (secondary N) is 1. The van der Waals surface area contributed by atoms with Crippen LogP contribution in [0.5, 0.6) is 0 Å². The molecule has 0 amide bonds. The summed E-state index contributed by atoms with van der Waals surface area (Å²) in [6.07, 6.45) is 0. The minimum absolute atomic E-state index is 0.506. The molecule has 0 aliphatic rings. The monoisotopic (exact) mass is 217 g/mol. The van der Waals surface area contributed by atoms with Crippen LogP contribution in [0.3, 0.4) is 0 Å². The summed E-state index contributed by atoms with van der Waals surface area (Å²) in [5, 5.41) is 12.5. The molecule has 0 bridgehead atoms. The standard InChI is InChI=1S/C8H15N3O2S/c1-3-12-4-5-13-6-7-10-11-8(9-2)14-7/h3-6H2,1-2H3,(H,9,11). The fourth-order valence-corrected chi connectivity index (χ4v) is 1.47. The highest BCUT2D eigenvalue weighted by Gasteiger charge is 2.01. The summed E-state index contributed by atoms with van der Waals surface area (Å²) in [5.74, 6) is 0. The molecule has 0 unspecified atom stereocenters. The third-order valence-corrected chi connectivity index (χ3v) is 2.40. The molecule has 0 saturated carbocycles. The first-order chi connectivity index (χ1) is 6.86. The van der Waals surface area contributed by atoms with Gasteiger partial charge in [-0.1, -0.05) is 11.3 Å². The van der Waals surface area contributed by atoms with E-state index in [1.165, 1.54) is 11.3 Å². The Labute approximate surface area is 87.4 Å². The predicted octanol–water partition coefficient (Wildman–Crippen LogP) is 1.13. The van der Waals surface area contributed by atoms with Crippen molar-refractivity contribution in [3.05, 3.63) is 5.01 Å². The van der Waals surface area contributed by atoms with Crippen LogP contribution in [0.1, 0.15) is 11.9 Å². The summed E-state index contributed by atoms with van der Waals surface area (Å²) in [5.41, 5.74) is 0. The zero-order valence-corrected chi connectivity index (χ0v) is 9.26. The van der Waals surface area contributed by atoms with Crippen LogP contribution in [0.15, 0.2) is 0 Å². The quantitative estimate of drug-likeness (QED) is 0.694. The first-order valence-electron chi connectivity index (χ1n) is 4.52. The molecule has 1 rings (SSSR count). The molecular formula is C8H15N3O2S. The van der Waals surface area contributed by atoms with Crippen LogP contribution in [0.2, 0.25) is 0 Å². The van der Waals surface area contributed by atoms with E-state index < -0.39 is 0 Å². The lowest BCUT2D eigenvalue weighted by atomic mass is 10.7. The molecular weight excluding hydrogens is 202 g/mol. The molecule has 0 radical (unpaired) electrons. The second kappa shape index (κ2) is 6.69. The van der Waals surface area contributed by atoms with Gasteiger partial charge in [-0.15, -0.1) is 10.2 Å². The summed E-state index contributed by atoms with van der Waals surface area (Å²) in [6, 6.07) is 0. The van der Waals surface area contributed by atoms with Crippen LogP contribution in [-0.4, -0.2) is 37.1 Å². The lowest BCUT2D eigenvalue weighted by molar-refractivity contribution is 0.0450. The summed E-state index contributed by atoms with van der Waals surface area (Å²) in [7, 11) is 1.82. The van der Waals surface area contributed by atoms with E-state index in [-0.39, 0.29) is 0 Å². The fourth-order valence-electron chi connectivity index (χ4n) is 0.835. The van der Waals surface area contributed by atoms with Crippen LogP contribution >= 0.6 is 11.3 Å². The highest BCUT2D eigenvalue weighted by molar-refractivity contribution is 7.15. The normalized spacial score (nSPS) is 10.4. The molecule has 1 heterocycles. The van der Waals surface area contributed by atoms with Crippen molar-refractivity contribution in [3.8, 4) is 0 Å². The van der Waals surface area contributed by atoms with Crippen molar-refractivity contribution in [2.45, 2.75) is 13.5 Å². The van der Waals surface area contributed by atoms with Gasteiger partial charge >= 0.3 is 0 Å². The maximum absolute atomic E-state index is 5.33. The lowest BCUT2D eigenvalue weighted by Crippen LogP contribution is -2.03. The largest absolute Gasteiger partial charge is 0.379 e. The number of hydrogen-bond acceptors (Lipinski definition) is 6. The highest BCUT2D eigenvalue weighted by atomic mass is 32.1. The van der Waals surface area contributed by atoms with E-state index in [1.54, 1.807) is 0 Å². The van der Waals surface area contributed by atoms with Crippen molar-refractivity contribution in [1.82, 2.24) is 10.2 Å². The van der Waals surface area contributed by atoms with Gasteiger partial charge in [0.2, 0.25) is 5.13 Å². The van der Waals surface area contributed by atoms with Crippen LogP contribution in [-0.2, 0) is 16.1 Å². The molecule has 5 nitrogen and oxygen atoms in total. The van der Waals surface area contributed by atoms with Crippen molar-refractivity contribution in [1.29, 1.82) is 0 Å². The maximum Gasteiger partial charge on any atom is 0.205 e. The second-order valence-corrected chi connectivity index (χ2v) is 3.56. The number of nitrogens with zero attached hydrogens (tertiary/aromatic N) is 2. The highest BCUT2D eigenvalue weighted by Crippen LogP contribution is 2.14. The summed E-state index contributed by atoms with van der Waals surface area (Å²) < 4.78 is 10.5. The van der Waals surface area contributed by atoms with Gasteiger partial charge < -0.3 is 14.8 Å². The van der Waals surface area contributed by atoms with E-state index in [2.05, 4.69) is 15.5 Å². The van der Waals surface area contributed by atoms with Gasteiger partial charge in [-0.2, -0.15) is 0 Å². The Morgan fingerprint density at radius 2 is 2.07 bits per heavy atom. The van der Waals surface area contributed by atoms with E-state index in [9.17, 15) is 0 Å². The van der Waals surface area contributed by atoms with Crippen LogP contribution in [0.25, 0.3) is 0 Å². The van der Waals surface area contributed by atoms with Crippen molar-refractivity contribution >= 4 is 16.5 Å². The number of aromatic nitrogens is 2. The van der Waals surface area contributed by atoms with Crippen LogP contribution in [0.4, 0.5) is 5.13 Å². The zero-order valence-electron chi connectivity index (χ0n) is 8.45. The first kappa shape index (κ1) is 11.4. The van der Waals surface area contributed by atoms with Gasteiger partial charge in [-0.25, -0.2) is 0 Å². The molecule has 0 fully saturated rings. The minimum atomic E-state index is 0.506. The van der Waals surface area contributed by atoms with Crippen LogP contribution in [0, 0.1) is 0 Å². The number of anilines is 1. The smallest absolute Gasteiger partial charge is 0.205 e. The third kappa shape index (κ3) is 3.99. The number of hydrogen-bond donors (Lipinski definition) is 1. The average Bonchev–Trinajstić information content (AvgIpc) is 2.65. The van der Waals surface area contributed by atoms with Crippen molar-refractivity contribution in [2.75, 3.05) is 32.2 Å². The van der Waals surface area contributed by atoms with E-state index in [0.717, 1.165) is 16.7 Å². The summed E-state index contributed by atoms with van der Waals surface area (Å²) in [6.45, 7) is 4.43. The molecule has 0 aliphatic carbocycles. The molecule has 0 aliphatic heterocycles.